The molecule has 1 heterocycles. The van der Waals surface area contributed by atoms with Crippen molar-refractivity contribution < 1.29 is 4.79 Å². The van der Waals surface area contributed by atoms with Crippen LogP contribution in [0.2, 0.25) is 10.0 Å². The third-order valence-electron chi connectivity index (χ3n) is 3.38. The molecule has 108 valence electrons. The van der Waals surface area contributed by atoms with Crippen LogP contribution in [0, 0.1) is 0 Å². The zero-order valence-corrected chi connectivity index (χ0v) is 13.2. The summed E-state index contributed by atoms with van der Waals surface area (Å²) in [6.07, 6.45) is 3.25. The molecule has 7 heteroatoms. The smallest absolute Gasteiger partial charge is 0.203 e. The number of allylic oxidation sites excluding steroid dienone is 1. The van der Waals surface area contributed by atoms with Gasteiger partial charge in [-0.3, -0.25) is 4.79 Å². The molecular weight excluding hydrogens is 329 g/mol. The first-order valence-corrected chi connectivity index (χ1v) is 7.90. The molecule has 3 rings (SSSR count). The monoisotopic (exact) mass is 339 g/mol. The van der Waals surface area contributed by atoms with Gasteiger partial charge in [0.05, 0.1) is 5.92 Å². The van der Waals surface area contributed by atoms with Gasteiger partial charge in [0.1, 0.15) is 5.01 Å². The van der Waals surface area contributed by atoms with Gasteiger partial charge in [0.25, 0.3) is 0 Å². The van der Waals surface area contributed by atoms with E-state index < -0.39 is 0 Å². The van der Waals surface area contributed by atoms with Gasteiger partial charge in [-0.25, -0.2) is 0 Å². The Hall–Kier alpha value is -1.43. The van der Waals surface area contributed by atoms with Gasteiger partial charge in [-0.15, -0.1) is 10.2 Å². The van der Waals surface area contributed by atoms with Gasteiger partial charge >= 0.3 is 0 Å². The molecule has 0 saturated heterocycles. The first kappa shape index (κ1) is 14.5. The molecule has 1 fully saturated rings. The van der Waals surface area contributed by atoms with Crippen molar-refractivity contribution in [2.75, 3.05) is 5.73 Å². The minimum Gasteiger partial charge on any atom is -0.374 e. The molecule has 1 atom stereocenters. The van der Waals surface area contributed by atoms with Crippen LogP contribution in [0.4, 0.5) is 5.13 Å². The van der Waals surface area contributed by atoms with Crippen molar-refractivity contribution in [3.63, 3.8) is 0 Å². The molecule has 1 aromatic heterocycles. The fourth-order valence-corrected chi connectivity index (χ4v) is 3.56. The Kier molecular flexibility index (Phi) is 3.97. The number of hydrogen-bond donors (Lipinski definition) is 1. The van der Waals surface area contributed by atoms with Crippen molar-refractivity contribution >= 4 is 51.5 Å². The van der Waals surface area contributed by atoms with E-state index in [9.17, 15) is 4.79 Å². The maximum atomic E-state index is 12.5. The number of carbonyl (C=O) groups is 1. The fourth-order valence-electron chi connectivity index (χ4n) is 2.35. The molecule has 1 unspecified atom stereocenters. The molecule has 0 amide bonds. The lowest BCUT2D eigenvalue weighted by Crippen LogP contribution is -2.05. The topological polar surface area (TPSA) is 68.9 Å². The summed E-state index contributed by atoms with van der Waals surface area (Å²) in [6.45, 7) is 0. The molecule has 21 heavy (non-hydrogen) atoms. The van der Waals surface area contributed by atoms with Gasteiger partial charge in [-0.1, -0.05) is 40.6 Å². The SMILES string of the molecule is Nc1nnc(C2CC/C(=C/c3ccc(Cl)cc3Cl)C2=O)s1. The zero-order valence-electron chi connectivity index (χ0n) is 10.8. The van der Waals surface area contributed by atoms with Gasteiger partial charge in [-0.2, -0.15) is 0 Å². The third-order valence-corrected chi connectivity index (χ3v) is 4.81. The van der Waals surface area contributed by atoms with Gasteiger partial charge < -0.3 is 5.73 Å². The molecule has 0 radical (unpaired) electrons. The number of Topliss-reactive ketones (excluding diaryl/α,β-unsaturated/α-hetero) is 1. The number of hydrogen-bond acceptors (Lipinski definition) is 5. The summed E-state index contributed by atoms with van der Waals surface area (Å²) in [7, 11) is 0. The highest BCUT2D eigenvalue weighted by Crippen LogP contribution is 2.38. The predicted octanol–water partition coefficient (Wildman–Crippen LogP) is 3.96. The molecular formula is C14H11Cl2N3OS. The number of nitrogen functional groups attached to an aromatic ring is 1. The lowest BCUT2D eigenvalue weighted by atomic mass is 10.1. The number of ketones is 1. The van der Waals surface area contributed by atoms with E-state index in [1.807, 2.05) is 6.08 Å². The van der Waals surface area contributed by atoms with Crippen LogP contribution in [0.15, 0.2) is 23.8 Å². The average Bonchev–Trinajstić information content (AvgIpc) is 3.00. The largest absolute Gasteiger partial charge is 0.374 e. The number of anilines is 1. The van der Waals surface area contributed by atoms with Crippen molar-refractivity contribution in [2.24, 2.45) is 0 Å². The van der Waals surface area contributed by atoms with Crippen LogP contribution >= 0.6 is 34.5 Å². The Morgan fingerprint density at radius 2 is 2.14 bits per heavy atom. The molecule has 2 N–H and O–H groups in total. The number of benzene rings is 1. The molecule has 1 saturated carbocycles. The molecule has 0 bridgehead atoms. The van der Waals surface area contributed by atoms with Gasteiger partial charge in [0.2, 0.25) is 5.13 Å². The Morgan fingerprint density at radius 1 is 1.33 bits per heavy atom. The van der Waals surface area contributed by atoms with Crippen LogP contribution < -0.4 is 5.73 Å². The second-order valence-electron chi connectivity index (χ2n) is 4.77. The summed E-state index contributed by atoms with van der Waals surface area (Å²) in [5, 5.41) is 9.91. The summed E-state index contributed by atoms with van der Waals surface area (Å²) in [6, 6.07) is 5.22. The molecule has 1 aromatic carbocycles. The standard InChI is InChI=1S/C14H11Cl2N3OS/c15-9-3-1-7(11(16)6-9)5-8-2-4-10(12(8)20)13-18-19-14(17)21-13/h1,3,5-6,10H,2,4H2,(H2,17,19)/b8-5-. The van der Waals surface area contributed by atoms with E-state index >= 15 is 0 Å². The van der Waals surface area contributed by atoms with Crippen LogP contribution in [0.25, 0.3) is 6.08 Å². The second kappa shape index (κ2) is 5.75. The normalized spacial score (nSPS) is 20.4. The Balaban J connectivity index is 1.87. The van der Waals surface area contributed by atoms with E-state index in [1.54, 1.807) is 18.2 Å². The Bertz CT molecular complexity index is 742. The maximum absolute atomic E-state index is 12.5. The quantitative estimate of drug-likeness (QED) is 0.840. The Morgan fingerprint density at radius 3 is 2.81 bits per heavy atom. The van der Waals surface area contributed by atoms with Crippen LogP contribution in [0.5, 0.6) is 0 Å². The van der Waals surface area contributed by atoms with Crippen LogP contribution in [-0.2, 0) is 4.79 Å². The molecule has 1 aliphatic rings. The van der Waals surface area contributed by atoms with Crippen molar-refractivity contribution in [2.45, 2.75) is 18.8 Å². The molecule has 1 aliphatic carbocycles. The number of halogens is 2. The van der Waals surface area contributed by atoms with E-state index in [1.165, 1.54) is 11.3 Å². The van der Waals surface area contributed by atoms with Gasteiger partial charge in [0, 0.05) is 10.0 Å². The highest BCUT2D eigenvalue weighted by Gasteiger charge is 2.33. The first-order valence-electron chi connectivity index (χ1n) is 6.33. The van der Waals surface area contributed by atoms with E-state index in [-0.39, 0.29) is 11.7 Å². The minimum atomic E-state index is -0.239. The number of rotatable bonds is 2. The summed E-state index contributed by atoms with van der Waals surface area (Å²) >= 11 is 13.3. The Labute approximate surface area is 135 Å². The number of carbonyl (C=O) groups excluding carboxylic acids is 1. The van der Waals surface area contributed by atoms with Gasteiger partial charge in [-0.05, 0) is 42.2 Å². The second-order valence-corrected chi connectivity index (χ2v) is 6.65. The van der Waals surface area contributed by atoms with Crippen LogP contribution in [-0.4, -0.2) is 16.0 Å². The molecule has 4 nitrogen and oxygen atoms in total. The predicted molar refractivity (Wildman–Crippen MR) is 85.7 cm³/mol. The van der Waals surface area contributed by atoms with E-state index in [2.05, 4.69) is 10.2 Å². The van der Waals surface area contributed by atoms with Gasteiger partial charge in [0.15, 0.2) is 5.78 Å². The summed E-state index contributed by atoms with van der Waals surface area (Å²) in [5.74, 6) is -0.172. The average molecular weight is 340 g/mol. The fraction of sp³-hybridized carbons (Fsp3) is 0.214. The molecule has 2 aromatic rings. The third kappa shape index (κ3) is 2.95. The van der Waals surface area contributed by atoms with E-state index in [0.717, 1.165) is 17.6 Å². The highest BCUT2D eigenvalue weighted by molar-refractivity contribution is 7.15. The van der Waals surface area contributed by atoms with E-state index in [4.69, 9.17) is 28.9 Å². The number of nitrogens with zero attached hydrogens (tertiary/aromatic N) is 2. The van der Waals surface area contributed by atoms with Crippen molar-refractivity contribution in [3.05, 3.63) is 44.4 Å². The molecule has 0 aliphatic heterocycles. The van der Waals surface area contributed by atoms with E-state index in [0.29, 0.717) is 26.6 Å². The zero-order chi connectivity index (χ0) is 15.0. The highest BCUT2D eigenvalue weighted by atomic mass is 35.5. The summed E-state index contributed by atoms with van der Waals surface area (Å²) < 4.78 is 0. The molecule has 0 spiro atoms. The summed E-state index contributed by atoms with van der Waals surface area (Å²) in [4.78, 5) is 12.5. The van der Waals surface area contributed by atoms with Crippen molar-refractivity contribution in [1.29, 1.82) is 0 Å². The lowest BCUT2D eigenvalue weighted by Gasteiger charge is -2.02. The van der Waals surface area contributed by atoms with Crippen LogP contribution in [0.1, 0.15) is 29.3 Å². The number of nitrogens with two attached hydrogens (primary N) is 1. The first-order chi connectivity index (χ1) is 10.0. The van der Waals surface area contributed by atoms with Crippen molar-refractivity contribution in [1.82, 2.24) is 10.2 Å². The minimum absolute atomic E-state index is 0.0668. The maximum Gasteiger partial charge on any atom is 0.203 e. The van der Waals surface area contributed by atoms with Crippen molar-refractivity contribution in [3.8, 4) is 0 Å². The lowest BCUT2D eigenvalue weighted by molar-refractivity contribution is -0.115. The van der Waals surface area contributed by atoms with Crippen LogP contribution in [0.3, 0.4) is 0 Å². The summed E-state index contributed by atoms with van der Waals surface area (Å²) in [5.41, 5.74) is 7.11. The number of aromatic nitrogens is 2.